The Labute approximate surface area is 133 Å². The maximum atomic E-state index is 9.33. The van der Waals surface area contributed by atoms with Crippen LogP contribution in [0.15, 0.2) is 30.3 Å². The number of hydrogen-bond acceptors (Lipinski definition) is 3. The van der Waals surface area contributed by atoms with E-state index in [0.717, 1.165) is 18.7 Å². The number of aliphatic hydroxyl groups is 1. The second-order valence-electron chi connectivity index (χ2n) is 5.96. The van der Waals surface area contributed by atoms with Crippen molar-refractivity contribution in [3.05, 3.63) is 52.8 Å². The van der Waals surface area contributed by atoms with Crippen molar-refractivity contribution in [3.63, 3.8) is 0 Å². The number of aryl methyl sites for hydroxylation is 2. The second kappa shape index (κ2) is 7.56. The summed E-state index contributed by atoms with van der Waals surface area (Å²) in [5.74, 6) is 0.325. The summed E-state index contributed by atoms with van der Waals surface area (Å²) in [6.07, 6.45) is 0.773. The van der Waals surface area contributed by atoms with Crippen LogP contribution in [-0.2, 0) is 7.05 Å². The molecule has 0 aliphatic heterocycles. The molecule has 1 aromatic heterocycles. The van der Waals surface area contributed by atoms with E-state index in [1.807, 2.05) is 17.8 Å². The van der Waals surface area contributed by atoms with Crippen LogP contribution in [-0.4, -0.2) is 28.0 Å². The van der Waals surface area contributed by atoms with Gasteiger partial charge in [0, 0.05) is 37.5 Å². The van der Waals surface area contributed by atoms with Crippen LogP contribution in [0.5, 0.6) is 0 Å². The predicted octanol–water partition coefficient (Wildman–Crippen LogP) is 2.85. The molecule has 0 saturated carbocycles. The van der Waals surface area contributed by atoms with Gasteiger partial charge in [0.05, 0.1) is 5.69 Å². The zero-order chi connectivity index (χ0) is 16.1. The second-order valence-corrected chi connectivity index (χ2v) is 5.96. The molecule has 1 heterocycles. The lowest BCUT2D eigenvalue weighted by Crippen LogP contribution is -2.26. The fraction of sp³-hybridized carbons (Fsp3) is 0.500. The molecule has 0 spiro atoms. The normalized spacial score (nSPS) is 14.0. The molecular formula is C18H27N3O. The third-order valence-corrected chi connectivity index (χ3v) is 4.42. The van der Waals surface area contributed by atoms with Gasteiger partial charge in [-0.1, -0.05) is 30.3 Å². The average Bonchev–Trinajstić information content (AvgIpc) is 2.77. The van der Waals surface area contributed by atoms with Crippen molar-refractivity contribution in [1.82, 2.24) is 15.1 Å². The Morgan fingerprint density at radius 1 is 1.23 bits per heavy atom. The summed E-state index contributed by atoms with van der Waals surface area (Å²) < 4.78 is 1.94. The number of nitrogens with one attached hydrogen (secondary N) is 1. The van der Waals surface area contributed by atoms with Crippen molar-refractivity contribution < 1.29 is 5.11 Å². The van der Waals surface area contributed by atoms with Gasteiger partial charge >= 0.3 is 0 Å². The lowest BCUT2D eigenvalue weighted by Gasteiger charge is -2.21. The van der Waals surface area contributed by atoms with Gasteiger partial charge in [0.2, 0.25) is 0 Å². The molecular weight excluding hydrogens is 274 g/mol. The highest BCUT2D eigenvalue weighted by molar-refractivity contribution is 5.28. The zero-order valence-electron chi connectivity index (χ0n) is 14.0. The van der Waals surface area contributed by atoms with E-state index in [4.69, 9.17) is 0 Å². The molecule has 4 heteroatoms. The van der Waals surface area contributed by atoms with Gasteiger partial charge in [-0.15, -0.1) is 0 Å². The lowest BCUT2D eigenvalue weighted by atomic mass is 9.95. The minimum atomic E-state index is 0.209. The molecule has 0 fully saturated rings. The summed E-state index contributed by atoms with van der Waals surface area (Å²) in [4.78, 5) is 0. The van der Waals surface area contributed by atoms with E-state index in [1.165, 1.54) is 16.8 Å². The zero-order valence-corrected chi connectivity index (χ0v) is 14.0. The maximum absolute atomic E-state index is 9.33. The first-order chi connectivity index (χ1) is 10.5. The van der Waals surface area contributed by atoms with E-state index in [1.54, 1.807) is 0 Å². The fourth-order valence-electron chi connectivity index (χ4n) is 3.11. The van der Waals surface area contributed by atoms with E-state index in [2.05, 4.69) is 55.5 Å². The van der Waals surface area contributed by atoms with E-state index >= 15 is 0 Å². The van der Waals surface area contributed by atoms with Gasteiger partial charge in [-0.05, 0) is 38.7 Å². The monoisotopic (exact) mass is 301 g/mol. The molecule has 0 bridgehead atoms. The van der Waals surface area contributed by atoms with Crippen LogP contribution in [0.1, 0.15) is 47.8 Å². The van der Waals surface area contributed by atoms with E-state index < -0.39 is 0 Å². The van der Waals surface area contributed by atoms with Crippen molar-refractivity contribution in [2.75, 3.05) is 13.2 Å². The summed E-state index contributed by atoms with van der Waals surface area (Å²) in [7, 11) is 1.98. The van der Waals surface area contributed by atoms with Crippen LogP contribution in [0.4, 0.5) is 0 Å². The van der Waals surface area contributed by atoms with Crippen molar-refractivity contribution >= 4 is 0 Å². The van der Waals surface area contributed by atoms with Crippen molar-refractivity contribution in [2.24, 2.45) is 7.05 Å². The van der Waals surface area contributed by atoms with E-state index in [-0.39, 0.29) is 12.6 Å². The van der Waals surface area contributed by atoms with Gasteiger partial charge in [-0.3, -0.25) is 4.68 Å². The standard InChI is InChI=1S/C18H27N3O/c1-13(18-14(2)20-21(4)15(18)3)19-12-17(10-11-22)16-8-6-5-7-9-16/h5-9,13,17,19,22H,10-12H2,1-4H3. The number of aliphatic hydroxyl groups excluding tert-OH is 1. The molecule has 4 nitrogen and oxygen atoms in total. The maximum Gasteiger partial charge on any atom is 0.0644 e. The lowest BCUT2D eigenvalue weighted by molar-refractivity contribution is 0.272. The molecule has 22 heavy (non-hydrogen) atoms. The van der Waals surface area contributed by atoms with E-state index in [0.29, 0.717) is 5.92 Å². The fourth-order valence-corrected chi connectivity index (χ4v) is 3.11. The Bertz CT molecular complexity index is 592. The molecule has 2 N–H and O–H groups in total. The van der Waals surface area contributed by atoms with Gasteiger partial charge in [0.1, 0.15) is 0 Å². The molecule has 1 aromatic carbocycles. The van der Waals surface area contributed by atoms with Crippen LogP contribution in [0.2, 0.25) is 0 Å². The number of nitrogens with zero attached hydrogens (tertiary/aromatic N) is 2. The third-order valence-electron chi connectivity index (χ3n) is 4.42. The number of benzene rings is 1. The van der Waals surface area contributed by atoms with Gasteiger partial charge in [-0.2, -0.15) is 5.10 Å². The largest absolute Gasteiger partial charge is 0.396 e. The minimum absolute atomic E-state index is 0.209. The molecule has 0 saturated heterocycles. The molecule has 120 valence electrons. The summed E-state index contributed by atoms with van der Waals surface area (Å²) in [6, 6.07) is 10.6. The molecule has 0 aliphatic carbocycles. The van der Waals surface area contributed by atoms with Gasteiger partial charge < -0.3 is 10.4 Å². The third kappa shape index (κ3) is 3.76. The highest BCUT2D eigenvalue weighted by Gasteiger charge is 2.18. The quantitative estimate of drug-likeness (QED) is 0.827. The summed E-state index contributed by atoms with van der Waals surface area (Å²) in [5.41, 5.74) is 4.84. The van der Waals surface area contributed by atoms with Gasteiger partial charge in [0.15, 0.2) is 0 Å². The highest BCUT2D eigenvalue weighted by atomic mass is 16.3. The van der Waals surface area contributed by atoms with E-state index in [9.17, 15) is 5.11 Å². The average molecular weight is 301 g/mol. The first kappa shape index (κ1) is 16.7. The molecule has 0 radical (unpaired) electrons. The Morgan fingerprint density at radius 2 is 1.91 bits per heavy atom. The number of hydrogen-bond donors (Lipinski definition) is 2. The Morgan fingerprint density at radius 3 is 2.45 bits per heavy atom. The first-order valence-electron chi connectivity index (χ1n) is 7.93. The summed E-state index contributed by atoms with van der Waals surface area (Å²) in [6.45, 7) is 7.40. The van der Waals surface area contributed by atoms with Crippen molar-refractivity contribution in [2.45, 2.75) is 39.2 Å². The minimum Gasteiger partial charge on any atom is -0.396 e. The van der Waals surface area contributed by atoms with Crippen molar-refractivity contribution in [1.29, 1.82) is 0 Å². The van der Waals surface area contributed by atoms with Crippen LogP contribution < -0.4 is 5.32 Å². The molecule has 2 atom stereocenters. The van der Waals surface area contributed by atoms with Crippen LogP contribution >= 0.6 is 0 Å². The smallest absolute Gasteiger partial charge is 0.0644 e. The predicted molar refractivity (Wildman–Crippen MR) is 90.0 cm³/mol. The van der Waals surface area contributed by atoms with Crippen molar-refractivity contribution in [3.8, 4) is 0 Å². The molecule has 2 unspecified atom stereocenters. The highest BCUT2D eigenvalue weighted by Crippen LogP contribution is 2.23. The molecule has 2 aromatic rings. The van der Waals surface area contributed by atoms with Gasteiger partial charge in [0.25, 0.3) is 0 Å². The Kier molecular flexibility index (Phi) is 5.75. The SMILES string of the molecule is Cc1nn(C)c(C)c1C(C)NCC(CCO)c1ccccc1. The summed E-state index contributed by atoms with van der Waals surface area (Å²) >= 11 is 0. The first-order valence-corrected chi connectivity index (χ1v) is 7.93. The van der Waals surface area contributed by atoms with Crippen LogP contribution in [0.25, 0.3) is 0 Å². The van der Waals surface area contributed by atoms with Crippen LogP contribution in [0.3, 0.4) is 0 Å². The van der Waals surface area contributed by atoms with Gasteiger partial charge in [-0.25, -0.2) is 0 Å². The Hall–Kier alpha value is -1.65. The molecule has 0 amide bonds. The van der Waals surface area contributed by atoms with Crippen LogP contribution in [0, 0.1) is 13.8 Å². The Balaban J connectivity index is 2.06. The molecule has 2 rings (SSSR count). The number of rotatable bonds is 7. The number of aromatic nitrogens is 2. The molecule has 0 aliphatic rings. The topological polar surface area (TPSA) is 50.1 Å². The summed E-state index contributed by atoms with van der Waals surface area (Å²) in [5, 5.41) is 17.4.